The summed E-state index contributed by atoms with van der Waals surface area (Å²) in [4.78, 5) is 20.2. The number of amides is 1. The van der Waals surface area contributed by atoms with Crippen LogP contribution in [0.2, 0.25) is 12.6 Å². The van der Waals surface area contributed by atoms with Gasteiger partial charge in [-0.2, -0.15) is 48.3 Å². The smallest absolute Gasteiger partial charge is 0.435 e. The van der Waals surface area contributed by atoms with Gasteiger partial charge < -0.3 is 10.1 Å². The lowest BCUT2D eigenvalue weighted by atomic mass is 10.2. The van der Waals surface area contributed by atoms with Crippen molar-refractivity contribution < 1.29 is 62.6 Å². The third-order valence-corrected chi connectivity index (χ3v) is 3.98. The fraction of sp³-hybridized carbons (Fsp3) is 0.900. The number of ether oxygens (including phenoxy) is 1. The SMILES string of the molecule is C[SiH](O)CCCNC(=O)C(F)(OC(F)(F)C(F)(F)C(F)(F)F)C(F)(F)F. The number of alkyl halides is 11. The molecule has 26 heavy (non-hydrogen) atoms. The molecule has 156 valence electrons. The van der Waals surface area contributed by atoms with E-state index in [0.717, 1.165) is 5.32 Å². The Balaban J connectivity index is 5.53. The molecule has 0 spiro atoms. The van der Waals surface area contributed by atoms with E-state index in [1.165, 1.54) is 6.55 Å². The summed E-state index contributed by atoms with van der Waals surface area (Å²) >= 11 is 0. The van der Waals surface area contributed by atoms with E-state index in [4.69, 9.17) is 4.80 Å². The molecule has 0 aromatic rings. The normalized spacial score (nSPS) is 17.6. The van der Waals surface area contributed by atoms with Crippen molar-refractivity contribution in [2.45, 2.75) is 49.3 Å². The summed E-state index contributed by atoms with van der Waals surface area (Å²) in [5.41, 5.74) is 0. The molecule has 0 saturated heterocycles. The molecule has 0 aromatic carbocycles. The minimum absolute atomic E-state index is 0.00521. The molecule has 0 fully saturated rings. The number of halogens is 11. The van der Waals surface area contributed by atoms with E-state index in [9.17, 15) is 53.1 Å². The number of carbonyl (C=O) groups is 1. The summed E-state index contributed by atoms with van der Waals surface area (Å²) in [5.74, 6) is -16.5. The van der Waals surface area contributed by atoms with Crippen LogP contribution < -0.4 is 5.32 Å². The molecule has 0 aliphatic rings. The van der Waals surface area contributed by atoms with Crippen LogP contribution in [0, 0.1) is 0 Å². The zero-order chi connectivity index (χ0) is 21.2. The molecule has 0 bridgehead atoms. The van der Waals surface area contributed by atoms with Gasteiger partial charge >= 0.3 is 30.2 Å². The molecule has 2 atom stereocenters. The lowest BCUT2D eigenvalue weighted by Gasteiger charge is -2.34. The standard InChI is InChI=1S/C10H12F11NO3Si/c1-26(24)4-2-3-22-5(23)6(11,8(14,15)16)25-10(20,21)7(12,13)9(17,18)19/h24,26H,2-4H2,1H3,(H,22,23). The van der Waals surface area contributed by atoms with Crippen LogP contribution in [0.4, 0.5) is 48.3 Å². The highest BCUT2D eigenvalue weighted by Crippen LogP contribution is 2.50. The first kappa shape index (κ1) is 24.8. The van der Waals surface area contributed by atoms with Crippen molar-refractivity contribution in [2.24, 2.45) is 0 Å². The van der Waals surface area contributed by atoms with E-state index >= 15 is 0 Å². The number of hydrogen-bond acceptors (Lipinski definition) is 3. The van der Waals surface area contributed by atoms with Crippen molar-refractivity contribution >= 4 is 14.9 Å². The van der Waals surface area contributed by atoms with Crippen molar-refractivity contribution in [1.29, 1.82) is 0 Å². The maximum absolute atomic E-state index is 13.7. The summed E-state index contributed by atoms with van der Waals surface area (Å²) in [6.07, 6.45) is -21.1. The molecular weight excluding hydrogens is 419 g/mol. The van der Waals surface area contributed by atoms with Crippen LogP contribution in [-0.4, -0.2) is 56.5 Å². The molecule has 2 unspecified atom stereocenters. The maximum atomic E-state index is 13.7. The molecule has 0 aliphatic heterocycles. The molecule has 0 radical (unpaired) electrons. The monoisotopic (exact) mass is 431 g/mol. The van der Waals surface area contributed by atoms with Gasteiger partial charge in [-0.3, -0.25) is 9.53 Å². The Labute approximate surface area is 140 Å². The van der Waals surface area contributed by atoms with E-state index < -0.39 is 51.7 Å². The predicted octanol–water partition coefficient (Wildman–Crippen LogP) is 2.87. The fourth-order valence-electron chi connectivity index (χ4n) is 1.35. The molecule has 0 rings (SSSR count). The van der Waals surface area contributed by atoms with Crippen LogP contribution in [-0.2, 0) is 9.53 Å². The van der Waals surface area contributed by atoms with E-state index in [2.05, 4.69) is 4.74 Å². The van der Waals surface area contributed by atoms with Crippen LogP contribution in [0.15, 0.2) is 0 Å². The summed E-state index contributed by atoms with van der Waals surface area (Å²) < 4.78 is 140. The van der Waals surface area contributed by atoms with Crippen molar-refractivity contribution in [1.82, 2.24) is 5.32 Å². The van der Waals surface area contributed by atoms with Gasteiger partial charge in [0.15, 0.2) is 9.04 Å². The van der Waals surface area contributed by atoms with Crippen molar-refractivity contribution in [3.63, 3.8) is 0 Å². The second-order valence-electron chi connectivity index (χ2n) is 5.03. The van der Waals surface area contributed by atoms with Gasteiger partial charge in [0.25, 0.3) is 5.91 Å². The minimum Gasteiger partial charge on any atom is -0.435 e. The van der Waals surface area contributed by atoms with E-state index in [1.54, 1.807) is 0 Å². The average molecular weight is 431 g/mol. The molecular formula is C10H12F11NO3Si. The molecule has 16 heteroatoms. The predicted molar refractivity (Wildman–Crippen MR) is 64.6 cm³/mol. The quantitative estimate of drug-likeness (QED) is 0.353. The van der Waals surface area contributed by atoms with Crippen LogP contribution >= 0.6 is 0 Å². The number of rotatable bonds is 8. The second kappa shape index (κ2) is 7.83. The first-order chi connectivity index (χ1) is 11.3. The summed E-state index contributed by atoms with van der Waals surface area (Å²) in [7, 11) is -2.23. The molecule has 4 nitrogen and oxygen atoms in total. The lowest BCUT2D eigenvalue weighted by Crippen LogP contribution is -2.63. The maximum Gasteiger partial charge on any atom is 0.462 e. The van der Waals surface area contributed by atoms with Crippen molar-refractivity contribution in [2.75, 3.05) is 6.54 Å². The van der Waals surface area contributed by atoms with Gasteiger partial charge in [-0.05, 0) is 19.0 Å². The molecule has 2 N–H and O–H groups in total. The number of hydrogen-bond donors (Lipinski definition) is 2. The Morgan fingerprint density at radius 2 is 1.42 bits per heavy atom. The summed E-state index contributed by atoms with van der Waals surface area (Å²) in [6, 6.07) is -0.00521. The van der Waals surface area contributed by atoms with Crippen LogP contribution in [0.25, 0.3) is 0 Å². The van der Waals surface area contributed by atoms with Gasteiger partial charge in [0, 0.05) is 6.54 Å². The zero-order valence-electron chi connectivity index (χ0n) is 12.6. The minimum atomic E-state index is -7.22. The highest BCUT2D eigenvalue weighted by molar-refractivity contribution is 6.48. The van der Waals surface area contributed by atoms with Gasteiger partial charge in [0.2, 0.25) is 0 Å². The third-order valence-electron chi connectivity index (χ3n) is 2.73. The first-order valence-corrected chi connectivity index (χ1v) is 9.03. The molecule has 0 aliphatic carbocycles. The van der Waals surface area contributed by atoms with Crippen LogP contribution in [0.1, 0.15) is 6.42 Å². The van der Waals surface area contributed by atoms with E-state index in [-0.39, 0.29) is 12.5 Å². The van der Waals surface area contributed by atoms with Crippen LogP contribution in [0.3, 0.4) is 0 Å². The van der Waals surface area contributed by atoms with E-state index in [1.807, 2.05) is 0 Å². The number of nitrogens with one attached hydrogen (secondary N) is 1. The lowest BCUT2D eigenvalue weighted by molar-refractivity contribution is -0.472. The summed E-state index contributed by atoms with van der Waals surface area (Å²) in [5, 5.41) is 1.09. The van der Waals surface area contributed by atoms with Gasteiger partial charge in [-0.15, -0.1) is 0 Å². The van der Waals surface area contributed by atoms with Crippen LogP contribution in [0.5, 0.6) is 0 Å². The summed E-state index contributed by atoms with van der Waals surface area (Å²) in [6.45, 7) is 0.545. The van der Waals surface area contributed by atoms with Gasteiger partial charge in [0.1, 0.15) is 0 Å². The molecule has 0 heterocycles. The molecule has 1 amide bonds. The van der Waals surface area contributed by atoms with Gasteiger partial charge in [0.05, 0.1) is 0 Å². The first-order valence-electron chi connectivity index (χ1n) is 6.54. The topological polar surface area (TPSA) is 58.6 Å². The fourth-order valence-corrected chi connectivity index (χ4v) is 2.15. The van der Waals surface area contributed by atoms with Crippen molar-refractivity contribution in [3.05, 3.63) is 0 Å². The average Bonchev–Trinajstić information content (AvgIpc) is 2.39. The Hall–Kier alpha value is -1.16. The van der Waals surface area contributed by atoms with Gasteiger partial charge in [-0.1, -0.05) is 0 Å². The zero-order valence-corrected chi connectivity index (χ0v) is 13.8. The third kappa shape index (κ3) is 5.42. The van der Waals surface area contributed by atoms with Crippen molar-refractivity contribution in [3.8, 4) is 0 Å². The largest absolute Gasteiger partial charge is 0.462 e. The Morgan fingerprint density at radius 3 is 1.77 bits per heavy atom. The van der Waals surface area contributed by atoms with Gasteiger partial charge in [-0.25, -0.2) is 0 Å². The molecule has 0 saturated carbocycles. The Bertz CT molecular complexity index is 494. The highest BCUT2D eigenvalue weighted by Gasteiger charge is 2.79. The Kier molecular flexibility index (Phi) is 7.48. The highest BCUT2D eigenvalue weighted by atomic mass is 28.3. The van der Waals surface area contributed by atoms with E-state index in [0.29, 0.717) is 0 Å². The molecule has 0 aromatic heterocycles. The second-order valence-corrected chi connectivity index (χ2v) is 7.31. The number of carbonyl (C=O) groups excluding carboxylic acids is 1. The Morgan fingerprint density at radius 1 is 0.962 bits per heavy atom.